The van der Waals surface area contributed by atoms with Gasteiger partial charge in [-0.05, 0) is 30.5 Å². The fourth-order valence-corrected chi connectivity index (χ4v) is 2.60. The number of nitrogens with zero attached hydrogens (tertiary/aromatic N) is 1. The van der Waals surface area contributed by atoms with Crippen molar-refractivity contribution in [3.8, 4) is 17.6 Å². The average Bonchev–Trinajstić information content (AvgIpc) is 2.50. The van der Waals surface area contributed by atoms with Gasteiger partial charge in [-0.15, -0.1) is 0 Å². The first-order valence-electron chi connectivity index (χ1n) is 7.21. The minimum absolute atomic E-state index is 0.116. The Bertz CT molecular complexity index is 571. The number of amides is 1. The molecular weight excluding hydrogens is 266 g/mol. The number of aliphatic hydroxyl groups is 1. The SMILES string of the molecule is COc1ccc(CN2CCCC(C)C2=O)cc1C#CCO. The van der Waals surface area contributed by atoms with Crippen molar-refractivity contribution in [2.24, 2.45) is 5.92 Å². The number of hydrogen-bond donors (Lipinski definition) is 1. The summed E-state index contributed by atoms with van der Waals surface area (Å²) >= 11 is 0. The zero-order valence-electron chi connectivity index (χ0n) is 12.6. The first-order chi connectivity index (χ1) is 10.2. The van der Waals surface area contributed by atoms with Crippen LogP contribution < -0.4 is 4.74 Å². The molecule has 1 amide bonds. The van der Waals surface area contributed by atoms with E-state index >= 15 is 0 Å². The molecule has 1 saturated heterocycles. The maximum absolute atomic E-state index is 12.1. The lowest BCUT2D eigenvalue weighted by molar-refractivity contribution is -0.138. The van der Waals surface area contributed by atoms with Crippen LogP contribution in [0.4, 0.5) is 0 Å². The quantitative estimate of drug-likeness (QED) is 0.862. The predicted molar refractivity (Wildman–Crippen MR) is 80.8 cm³/mol. The molecule has 0 bridgehead atoms. The van der Waals surface area contributed by atoms with Crippen LogP contribution in [0.5, 0.6) is 5.75 Å². The van der Waals surface area contributed by atoms with E-state index in [1.54, 1.807) is 7.11 Å². The van der Waals surface area contributed by atoms with E-state index in [2.05, 4.69) is 11.8 Å². The monoisotopic (exact) mass is 287 g/mol. The van der Waals surface area contributed by atoms with Crippen LogP contribution in [0.15, 0.2) is 18.2 Å². The summed E-state index contributed by atoms with van der Waals surface area (Å²) in [7, 11) is 1.59. The van der Waals surface area contributed by atoms with E-state index in [4.69, 9.17) is 9.84 Å². The molecule has 1 aliphatic heterocycles. The number of hydrogen-bond acceptors (Lipinski definition) is 3. The van der Waals surface area contributed by atoms with Gasteiger partial charge in [0.2, 0.25) is 5.91 Å². The maximum atomic E-state index is 12.1. The van der Waals surface area contributed by atoms with E-state index in [0.29, 0.717) is 12.3 Å². The Kier molecular flexibility index (Phi) is 5.24. The number of piperidine rings is 1. The first kappa shape index (κ1) is 15.4. The summed E-state index contributed by atoms with van der Waals surface area (Å²) in [5, 5.41) is 8.82. The Hall–Kier alpha value is -1.99. The zero-order chi connectivity index (χ0) is 15.2. The molecule has 1 fully saturated rings. The molecule has 0 radical (unpaired) electrons. The fourth-order valence-electron chi connectivity index (χ4n) is 2.60. The summed E-state index contributed by atoms with van der Waals surface area (Å²) in [6.07, 6.45) is 2.03. The molecule has 1 N–H and O–H groups in total. The van der Waals surface area contributed by atoms with Crippen molar-refractivity contribution in [1.29, 1.82) is 0 Å². The topological polar surface area (TPSA) is 49.8 Å². The number of aliphatic hydroxyl groups excluding tert-OH is 1. The van der Waals surface area contributed by atoms with Crippen molar-refractivity contribution >= 4 is 5.91 Å². The van der Waals surface area contributed by atoms with E-state index in [1.807, 2.05) is 30.0 Å². The molecule has 1 unspecified atom stereocenters. The third kappa shape index (κ3) is 3.77. The number of carbonyl (C=O) groups is 1. The van der Waals surface area contributed by atoms with Crippen LogP contribution in [0, 0.1) is 17.8 Å². The van der Waals surface area contributed by atoms with Gasteiger partial charge >= 0.3 is 0 Å². The second-order valence-corrected chi connectivity index (χ2v) is 5.30. The van der Waals surface area contributed by atoms with E-state index < -0.39 is 0 Å². The lowest BCUT2D eigenvalue weighted by atomic mass is 9.98. The number of rotatable bonds is 3. The van der Waals surface area contributed by atoms with Gasteiger partial charge in [-0.25, -0.2) is 0 Å². The predicted octanol–water partition coefficient (Wildman–Crippen LogP) is 1.80. The van der Waals surface area contributed by atoms with E-state index in [-0.39, 0.29) is 18.4 Å². The minimum Gasteiger partial charge on any atom is -0.495 e. The number of likely N-dealkylation sites (tertiary alicyclic amines) is 1. The van der Waals surface area contributed by atoms with Crippen LogP contribution in [-0.2, 0) is 11.3 Å². The van der Waals surface area contributed by atoms with Crippen molar-refractivity contribution in [1.82, 2.24) is 4.90 Å². The van der Waals surface area contributed by atoms with Gasteiger partial charge in [-0.1, -0.05) is 24.8 Å². The Morgan fingerprint density at radius 3 is 3.00 bits per heavy atom. The Balaban J connectivity index is 2.18. The lowest BCUT2D eigenvalue weighted by Gasteiger charge is -2.30. The van der Waals surface area contributed by atoms with Gasteiger partial charge in [0, 0.05) is 19.0 Å². The van der Waals surface area contributed by atoms with Crippen molar-refractivity contribution in [2.75, 3.05) is 20.3 Å². The molecule has 1 aromatic carbocycles. The molecule has 1 atom stereocenters. The number of methoxy groups -OCH3 is 1. The normalized spacial score (nSPS) is 18.1. The highest BCUT2D eigenvalue weighted by Gasteiger charge is 2.24. The summed E-state index contributed by atoms with van der Waals surface area (Å²) < 4.78 is 5.26. The summed E-state index contributed by atoms with van der Waals surface area (Å²) in [6, 6.07) is 5.73. The van der Waals surface area contributed by atoms with Gasteiger partial charge in [0.1, 0.15) is 12.4 Å². The molecular formula is C17H21NO3. The second-order valence-electron chi connectivity index (χ2n) is 5.30. The van der Waals surface area contributed by atoms with Crippen LogP contribution >= 0.6 is 0 Å². The van der Waals surface area contributed by atoms with Crippen molar-refractivity contribution in [3.63, 3.8) is 0 Å². The van der Waals surface area contributed by atoms with Gasteiger partial charge in [-0.2, -0.15) is 0 Å². The van der Waals surface area contributed by atoms with Crippen LogP contribution in [0.25, 0.3) is 0 Å². The van der Waals surface area contributed by atoms with Crippen LogP contribution in [-0.4, -0.2) is 36.2 Å². The summed E-state index contributed by atoms with van der Waals surface area (Å²) in [5.74, 6) is 6.53. The minimum atomic E-state index is -0.185. The first-order valence-corrected chi connectivity index (χ1v) is 7.21. The number of carbonyl (C=O) groups excluding carboxylic acids is 1. The molecule has 1 heterocycles. The highest BCUT2D eigenvalue weighted by Crippen LogP contribution is 2.23. The Morgan fingerprint density at radius 2 is 2.29 bits per heavy atom. The number of ether oxygens (including phenoxy) is 1. The highest BCUT2D eigenvalue weighted by atomic mass is 16.5. The molecule has 2 rings (SSSR count). The van der Waals surface area contributed by atoms with Gasteiger partial charge < -0.3 is 14.7 Å². The van der Waals surface area contributed by atoms with Crippen molar-refractivity contribution < 1.29 is 14.6 Å². The van der Waals surface area contributed by atoms with Gasteiger partial charge in [0.05, 0.1) is 12.7 Å². The Morgan fingerprint density at radius 1 is 1.48 bits per heavy atom. The summed E-state index contributed by atoms with van der Waals surface area (Å²) in [4.78, 5) is 14.1. The lowest BCUT2D eigenvalue weighted by Crippen LogP contribution is -2.39. The molecule has 0 spiro atoms. The number of benzene rings is 1. The molecule has 0 saturated carbocycles. The summed E-state index contributed by atoms with van der Waals surface area (Å²) in [5.41, 5.74) is 1.77. The molecule has 21 heavy (non-hydrogen) atoms. The highest BCUT2D eigenvalue weighted by molar-refractivity contribution is 5.79. The van der Waals surface area contributed by atoms with Gasteiger partial charge in [0.25, 0.3) is 0 Å². The molecule has 0 aromatic heterocycles. The average molecular weight is 287 g/mol. The second kappa shape index (κ2) is 7.14. The standard InChI is InChI=1S/C17H21NO3/c1-13-5-3-9-18(17(13)20)12-14-7-8-16(21-2)15(11-14)6-4-10-19/h7-8,11,13,19H,3,5,9-10,12H2,1-2H3. The smallest absolute Gasteiger partial charge is 0.225 e. The van der Waals surface area contributed by atoms with Gasteiger partial charge in [0.15, 0.2) is 0 Å². The van der Waals surface area contributed by atoms with Crippen LogP contribution in [0.2, 0.25) is 0 Å². The molecule has 112 valence electrons. The van der Waals surface area contributed by atoms with Crippen LogP contribution in [0.1, 0.15) is 30.9 Å². The van der Waals surface area contributed by atoms with Crippen molar-refractivity contribution in [2.45, 2.75) is 26.3 Å². The molecule has 4 nitrogen and oxygen atoms in total. The van der Waals surface area contributed by atoms with Crippen molar-refractivity contribution in [3.05, 3.63) is 29.3 Å². The largest absolute Gasteiger partial charge is 0.495 e. The Labute approximate surface area is 125 Å². The molecule has 0 aliphatic carbocycles. The molecule has 4 heteroatoms. The molecule has 1 aliphatic rings. The van der Waals surface area contributed by atoms with E-state index in [9.17, 15) is 4.79 Å². The summed E-state index contributed by atoms with van der Waals surface area (Å²) in [6.45, 7) is 3.21. The van der Waals surface area contributed by atoms with E-state index in [0.717, 1.165) is 30.5 Å². The fraction of sp³-hybridized carbons (Fsp3) is 0.471. The van der Waals surface area contributed by atoms with Crippen LogP contribution in [0.3, 0.4) is 0 Å². The third-order valence-corrected chi connectivity index (χ3v) is 3.74. The maximum Gasteiger partial charge on any atom is 0.225 e. The third-order valence-electron chi connectivity index (χ3n) is 3.74. The molecule has 1 aromatic rings. The van der Waals surface area contributed by atoms with Gasteiger partial charge in [-0.3, -0.25) is 4.79 Å². The zero-order valence-corrected chi connectivity index (χ0v) is 12.6. The van der Waals surface area contributed by atoms with E-state index in [1.165, 1.54) is 0 Å².